The predicted octanol–water partition coefficient (Wildman–Crippen LogP) is -0.460. The first kappa shape index (κ1) is 17.4. The van der Waals surface area contributed by atoms with Crippen LogP contribution in [0.2, 0.25) is 0 Å². The third-order valence-electron chi connectivity index (χ3n) is 2.45. The van der Waals surface area contributed by atoms with Crippen molar-refractivity contribution in [2.75, 3.05) is 12.4 Å². The number of esters is 1. The molecule has 10 heteroatoms. The number of amides is 1. The van der Waals surface area contributed by atoms with Crippen LogP contribution in [0.3, 0.4) is 0 Å². The Balaban J connectivity index is 2.72. The van der Waals surface area contributed by atoms with Crippen LogP contribution in [0.25, 0.3) is 0 Å². The fourth-order valence-electron chi connectivity index (χ4n) is 1.44. The minimum atomic E-state index is -3.97. The zero-order valence-electron chi connectivity index (χ0n) is 11.8. The molecule has 120 valence electrons. The Morgan fingerprint density at radius 2 is 1.77 bits per heavy atom. The Hall–Kier alpha value is -2.62. The number of rotatable bonds is 6. The van der Waals surface area contributed by atoms with Crippen LogP contribution in [0.15, 0.2) is 33.6 Å². The van der Waals surface area contributed by atoms with Crippen LogP contribution in [0.1, 0.15) is 12.8 Å². The number of sulfonamides is 1. The molecule has 1 aromatic carbocycles. The van der Waals surface area contributed by atoms with Gasteiger partial charge >= 0.3 is 5.97 Å². The quantitative estimate of drug-likeness (QED) is 0.362. The first-order valence-corrected chi connectivity index (χ1v) is 7.51. The zero-order chi connectivity index (χ0) is 16.8. The van der Waals surface area contributed by atoms with Crippen LogP contribution in [0.5, 0.6) is 0 Å². The van der Waals surface area contributed by atoms with Crippen molar-refractivity contribution < 1.29 is 22.7 Å². The molecule has 0 heterocycles. The maximum Gasteiger partial charge on any atom is 0.306 e. The number of methoxy groups -OCH3 is 1. The second-order valence-electron chi connectivity index (χ2n) is 4.14. The van der Waals surface area contributed by atoms with E-state index in [1.54, 1.807) is 0 Å². The number of anilines is 1. The third kappa shape index (κ3) is 5.40. The Kier molecular flexibility index (Phi) is 5.87. The molecule has 22 heavy (non-hydrogen) atoms. The molecule has 1 aromatic rings. The summed E-state index contributed by atoms with van der Waals surface area (Å²) in [5.74, 6) is -1.46. The molecule has 0 fully saturated rings. The number of nitrogens with one attached hydrogen (secondary N) is 1. The lowest BCUT2D eigenvalue weighted by atomic mass is 10.2. The van der Waals surface area contributed by atoms with Crippen molar-refractivity contribution in [2.45, 2.75) is 17.7 Å². The van der Waals surface area contributed by atoms with Gasteiger partial charge in [0.1, 0.15) is 0 Å². The highest BCUT2D eigenvalue weighted by Gasteiger charge is 2.13. The topological polar surface area (TPSA) is 154 Å². The van der Waals surface area contributed by atoms with E-state index >= 15 is 0 Å². The van der Waals surface area contributed by atoms with E-state index < -0.39 is 27.9 Å². The smallest absolute Gasteiger partial charge is 0.306 e. The van der Waals surface area contributed by atoms with Gasteiger partial charge in [0, 0.05) is 12.1 Å². The molecule has 0 radical (unpaired) electrons. The summed E-state index contributed by atoms with van der Waals surface area (Å²) < 4.78 is 31.0. The lowest BCUT2D eigenvalue weighted by Gasteiger charge is -2.05. The van der Waals surface area contributed by atoms with Crippen molar-refractivity contribution in [1.82, 2.24) is 0 Å². The fraction of sp³-hybridized carbons (Fsp3) is 0.250. The first-order chi connectivity index (χ1) is 10.2. The van der Waals surface area contributed by atoms with Gasteiger partial charge in [-0.25, -0.2) is 0 Å². The van der Waals surface area contributed by atoms with Crippen molar-refractivity contribution in [3.63, 3.8) is 0 Å². The summed E-state index contributed by atoms with van der Waals surface area (Å²) in [5, 5.41) is 2.51. The molecule has 0 atom stereocenters. The van der Waals surface area contributed by atoms with Gasteiger partial charge in [0.15, 0.2) is 0 Å². The van der Waals surface area contributed by atoms with E-state index in [1.165, 1.54) is 31.4 Å². The van der Waals surface area contributed by atoms with Gasteiger partial charge in [-0.1, -0.05) is 0 Å². The van der Waals surface area contributed by atoms with E-state index in [9.17, 15) is 18.0 Å². The number of hydrogen-bond donors (Lipinski definition) is 3. The Labute approximate surface area is 127 Å². The van der Waals surface area contributed by atoms with Crippen LogP contribution >= 0.6 is 0 Å². The van der Waals surface area contributed by atoms with Crippen molar-refractivity contribution in [3.8, 4) is 0 Å². The Morgan fingerprint density at radius 3 is 2.27 bits per heavy atom. The Bertz CT molecular complexity index is 678. The molecule has 0 spiro atoms. The summed E-state index contributed by atoms with van der Waals surface area (Å²) in [6.45, 7) is 0. The van der Waals surface area contributed by atoms with Crippen LogP contribution in [-0.4, -0.2) is 33.4 Å². The summed E-state index contributed by atoms with van der Waals surface area (Å²) >= 11 is 0. The second-order valence-corrected chi connectivity index (χ2v) is 5.74. The number of carbonyl (C=O) groups excluding carboxylic acids is 2. The molecule has 0 aliphatic carbocycles. The predicted molar refractivity (Wildman–Crippen MR) is 79.3 cm³/mol. The normalized spacial score (nSPS) is 10.6. The highest BCUT2D eigenvalue weighted by atomic mass is 32.2. The van der Waals surface area contributed by atoms with Crippen LogP contribution in [0.4, 0.5) is 5.69 Å². The van der Waals surface area contributed by atoms with Crippen LogP contribution < -0.4 is 16.8 Å². The molecular weight excluding hydrogens is 312 g/mol. The molecular formula is C12H16N4O5S. The van der Waals surface area contributed by atoms with Gasteiger partial charge in [-0.3, -0.25) is 9.59 Å². The van der Waals surface area contributed by atoms with Crippen molar-refractivity contribution in [1.29, 1.82) is 0 Å². The molecule has 0 aromatic heterocycles. The number of benzene rings is 1. The summed E-state index contributed by atoms with van der Waals surface area (Å²) in [6.07, 6.45) is -0.0833. The lowest BCUT2D eigenvalue weighted by Crippen LogP contribution is -2.24. The van der Waals surface area contributed by atoms with Crippen molar-refractivity contribution in [3.05, 3.63) is 24.3 Å². The van der Waals surface area contributed by atoms with E-state index in [0.717, 1.165) is 0 Å². The molecule has 0 bridgehead atoms. The van der Waals surface area contributed by atoms with Gasteiger partial charge < -0.3 is 21.5 Å². The van der Waals surface area contributed by atoms with Crippen molar-refractivity contribution in [2.24, 2.45) is 15.9 Å². The molecule has 0 saturated heterocycles. The van der Waals surface area contributed by atoms with Gasteiger partial charge in [0.2, 0.25) is 11.9 Å². The van der Waals surface area contributed by atoms with E-state index in [0.29, 0.717) is 5.69 Å². The van der Waals surface area contributed by atoms with E-state index in [2.05, 4.69) is 14.5 Å². The second kappa shape index (κ2) is 7.41. The van der Waals surface area contributed by atoms with Gasteiger partial charge in [0.25, 0.3) is 10.0 Å². The van der Waals surface area contributed by atoms with E-state index in [1.807, 2.05) is 0 Å². The molecule has 5 N–H and O–H groups in total. The average molecular weight is 328 g/mol. The SMILES string of the molecule is COC(=O)CCC(=O)Nc1ccc(S(=O)(=O)N=C(N)N)cc1. The molecule has 9 nitrogen and oxygen atoms in total. The van der Waals surface area contributed by atoms with Crippen LogP contribution in [0, 0.1) is 0 Å². The Morgan fingerprint density at radius 1 is 1.18 bits per heavy atom. The average Bonchev–Trinajstić information content (AvgIpc) is 2.44. The van der Waals surface area contributed by atoms with Crippen LogP contribution in [-0.2, 0) is 24.3 Å². The molecule has 1 amide bonds. The number of hydrogen-bond acceptors (Lipinski definition) is 5. The van der Waals surface area contributed by atoms with Gasteiger partial charge in [-0.2, -0.15) is 8.42 Å². The third-order valence-corrected chi connectivity index (χ3v) is 3.76. The molecule has 0 unspecified atom stereocenters. The largest absolute Gasteiger partial charge is 0.469 e. The minimum Gasteiger partial charge on any atom is -0.469 e. The van der Waals surface area contributed by atoms with Gasteiger partial charge in [-0.15, -0.1) is 4.40 Å². The highest BCUT2D eigenvalue weighted by molar-refractivity contribution is 7.90. The highest BCUT2D eigenvalue weighted by Crippen LogP contribution is 2.16. The standard InChI is InChI=1S/C12H16N4O5S/c1-21-11(18)7-6-10(17)15-8-2-4-9(5-3-8)22(19,20)16-12(13)14/h2-5H,6-7H2,1H3,(H,15,17)(H4,13,14,16). The van der Waals surface area contributed by atoms with Gasteiger partial charge in [0.05, 0.1) is 18.4 Å². The number of ether oxygens (including phenoxy) is 1. The lowest BCUT2D eigenvalue weighted by molar-refractivity contribution is -0.141. The first-order valence-electron chi connectivity index (χ1n) is 6.07. The maximum atomic E-state index is 11.7. The fourth-order valence-corrected chi connectivity index (χ4v) is 2.31. The number of carbonyl (C=O) groups is 2. The molecule has 0 saturated carbocycles. The number of nitrogens with zero attached hydrogens (tertiary/aromatic N) is 1. The minimum absolute atomic E-state index is 0.0409. The summed E-state index contributed by atoms with van der Waals surface area (Å²) in [6, 6.07) is 5.26. The molecule has 0 aliphatic heterocycles. The van der Waals surface area contributed by atoms with E-state index in [4.69, 9.17) is 11.5 Å². The molecule has 0 aliphatic rings. The maximum absolute atomic E-state index is 11.7. The monoisotopic (exact) mass is 328 g/mol. The molecule has 1 rings (SSSR count). The number of guanidine groups is 1. The summed E-state index contributed by atoms with van der Waals surface area (Å²) in [4.78, 5) is 22.4. The summed E-state index contributed by atoms with van der Waals surface area (Å²) in [7, 11) is -2.73. The zero-order valence-corrected chi connectivity index (χ0v) is 12.6. The van der Waals surface area contributed by atoms with Crippen molar-refractivity contribution >= 4 is 33.5 Å². The van der Waals surface area contributed by atoms with E-state index in [-0.39, 0.29) is 17.7 Å². The van der Waals surface area contributed by atoms with Gasteiger partial charge in [-0.05, 0) is 24.3 Å². The number of nitrogens with two attached hydrogens (primary N) is 2. The summed E-state index contributed by atoms with van der Waals surface area (Å²) in [5.41, 5.74) is 10.4.